The number of terminal acetylenes is 1. The van der Waals surface area contributed by atoms with Crippen molar-refractivity contribution < 1.29 is 19.2 Å². The Labute approximate surface area is 169 Å². The van der Waals surface area contributed by atoms with E-state index in [0.717, 1.165) is 24.2 Å². The number of nitrogens with zero attached hydrogens (tertiary/aromatic N) is 2. The van der Waals surface area contributed by atoms with Crippen LogP contribution in [0.15, 0.2) is 24.3 Å². The summed E-state index contributed by atoms with van der Waals surface area (Å²) in [6, 6.07) is 6.07. The van der Waals surface area contributed by atoms with Gasteiger partial charge in [0, 0.05) is 18.3 Å². The van der Waals surface area contributed by atoms with Crippen LogP contribution < -0.4 is 15.5 Å². The predicted octanol–water partition coefficient (Wildman–Crippen LogP) is 1.00. The van der Waals surface area contributed by atoms with Crippen molar-refractivity contribution in [2.45, 2.75) is 37.6 Å². The summed E-state index contributed by atoms with van der Waals surface area (Å²) in [6.45, 7) is -0.693. The van der Waals surface area contributed by atoms with Crippen LogP contribution in [0.4, 0.5) is 10.5 Å². The van der Waals surface area contributed by atoms with E-state index >= 15 is 0 Å². The van der Waals surface area contributed by atoms with Crippen molar-refractivity contribution in [1.82, 2.24) is 15.5 Å². The minimum absolute atomic E-state index is 0.252. The van der Waals surface area contributed by atoms with Gasteiger partial charge in [-0.2, -0.15) is 0 Å². The number of nitrogens with one attached hydrogen (secondary N) is 2. The third kappa shape index (κ3) is 4.09. The molecule has 0 aromatic heterocycles. The number of likely N-dealkylation sites (N-methyl/N-ethyl adjacent to an activating group) is 1. The summed E-state index contributed by atoms with van der Waals surface area (Å²) >= 11 is 0. The lowest BCUT2D eigenvalue weighted by Gasteiger charge is -2.30. The Morgan fingerprint density at radius 1 is 1.28 bits per heavy atom. The van der Waals surface area contributed by atoms with Crippen LogP contribution in [0.1, 0.15) is 37.7 Å². The van der Waals surface area contributed by atoms with Crippen molar-refractivity contribution in [2.24, 2.45) is 0 Å². The zero-order valence-electron chi connectivity index (χ0n) is 16.4. The molecule has 8 heteroatoms. The summed E-state index contributed by atoms with van der Waals surface area (Å²) in [5.74, 6) is 1.19. The van der Waals surface area contributed by atoms with Crippen LogP contribution in [0.25, 0.3) is 0 Å². The van der Waals surface area contributed by atoms with Gasteiger partial charge < -0.3 is 15.5 Å². The van der Waals surface area contributed by atoms with E-state index in [0.29, 0.717) is 24.1 Å². The SMILES string of the molecule is C#Cc1cccc(N(CC(=O)NC)C(=O)CN2C(=O)NC3(CCCCC3)C2=O)c1. The van der Waals surface area contributed by atoms with Crippen LogP contribution in [0.3, 0.4) is 0 Å². The fraction of sp³-hybridized carbons (Fsp3) is 0.429. The van der Waals surface area contributed by atoms with Gasteiger partial charge in [-0.15, -0.1) is 6.42 Å². The number of urea groups is 1. The minimum atomic E-state index is -0.898. The number of hydrogen-bond acceptors (Lipinski definition) is 4. The molecule has 1 aromatic rings. The molecule has 2 aliphatic rings. The lowest BCUT2D eigenvalue weighted by Crippen LogP contribution is -2.49. The van der Waals surface area contributed by atoms with Gasteiger partial charge in [0.15, 0.2) is 0 Å². The second-order valence-electron chi connectivity index (χ2n) is 7.31. The molecule has 1 saturated heterocycles. The van der Waals surface area contributed by atoms with E-state index < -0.39 is 24.0 Å². The molecular formula is C21H24N4O4. The van der Waals surface area contributed by atoms with Crippen molar-refractivity contribution in [3.8, 4) is 12.3 Å². The highest BCUT2D eigenvalue weighted by Gasteiger charge is 2.51. The minimum Gasteiger partial charge on any atom is -0.358 e. The maximum Gasteiger partial charge on any atom is 0.325 e. The molecule has 1 aliphatic heterocycles. The van der Waals surface area contributed by atoms with E-state index in [2.05, 4.69) is 16.6 Å². The number of carbonyl (C=O) groups excluding carboxylic acids is 4. The van der Waals surface area contributed by atoms with Crippen LogP contribution in [-0.4, -0.2) is 54.3 Å². The first kappa shape index (κ1) is 20.4. The number of rotatable bonds is 5. The monoisotopic (exact) mass is 396 g/mol. The van der Waals surface area contributed by atoms with Crippen LogP contribution in [0.5, 0.6) is 0 Å². The molecule has 5 amide bonds. The van der Waals surface area contributed by atoms with Crippen LogP contribution in [0, 0.1) is 12.3 Å². The number of imide groups is 1. The second kappa shape index (κ2) is 8.35. The molecule has 0 radical (unpaired) electrons. The summed E-state index contributed by atoms with van der Waals surface area (Å²) in [5.41, 5.74) is 0.0757. The summed E-state index contributed by atoms with van der Waals surface area (Å²) in [6.07, 6.45) is 9.32. The second-order valence-corrected chi connectivity index (χ2v) is 7.31. The number of hydrogen-bond donors (Lipinski definition) is 2. The van der Waals surface area contributed by atoms with Gasteiger partial charge in [-0.05, 0) is 31.0 Å². The Kier molecular flexibility index (Phi) is 5.87. The molecule has 2 N–H and O–H groups in total. The highest BCUT2D eigenvalue weighted by Crippen LogP contribution is 2.33. The first-order chi connectivity index (χ1) is 13.9. The average Bonchev–Trinajstić information content (AvgIpc) is 2.96. The third-order valence-corrected chi connectivity index (χ3v) is 5.45. The molecule has 8 nitrogen and oxygen atoms in total. The molecule has 3 rings (SSSR count). The first-order valence-electron chi connectivity index (χ1n) is 9.62. The van der Waals surface area contributed by atoms with Crippen molar-refractivity contribution in [3.63, 3.8) is 0 Å². The molecule has 0 unspecified atom stereocenters. The molecule has 1 aliphatic carbocycles. The number of carbonyl (C=O) groups is 4. The maximum atomic E-state index is 13.0. The zero-order valence-corrected chi connectivity index (χ0v) is 16.4. The quantitative estimate of drug-likeness (QED) is 0.573. The molecule has 29 heavy (non-hydrogen) atoms. The topological polar surface area (TPSA) is 98.8 Å². The van der Waals surface area contributed by atoms with Crippen molar-refractivity contribution in [2.75, 3.05) is 25.0 Å². The van der Waals surface area contributed by atoms with Gasteiger partial charge in [-0.25, -0.2) is 4.79 Å². The normalized spacial score (nSPS) is 17.6. The van der Waals surface area contributed by atoms with Gasteiger partial charge in [-0.3, -0.25) is 19.3 Å². The highest BCUT2D eigenvalue weighted by molar-refractivity contribution is 6.11. The van der Waals surface area contributed by atoms with E-state index in [9.17, 15) is 19.2 Å². The lowest BCUT2D eigenvalue weighted by atomic mass is 9.82. The van der Waals surface area contributed by atoms with Gasteiger partial charge >= 0.3 is 6.03 Å². The van der Waals surface area contributed by atoms with Crippen LogP contribution >= 0.6 is 0 Å². The fourth-order valence-electron chi connectivity index (χ4n) is 3.84. The highest BCUT2D eigenvalue weighted by atomic mass is 16.2. The van der Waals surface area contributed by atoms with Crippen LogP contribution in [0.2, 0.25) is 0 Å². The predicted molar refractivity (Wildman–Crippen MR) is 107 cm³/mol. The Morgan fingerprint density at radius 2 is 2.00 bits per heavy atom. The fourth-order valence-corrected chi connectivity index (χ4v) is 3.84. The lowest BCUT2D eigenvalue weighted by molar-refractivity contribution is -0.135. The third-order valence-electron chi connectivity index (χ3n) is 5.45. The largest absolute Gasteiger partial charge is 0.358 e. The van der Waals surface area contributed by atoms with Crippen molar-refractivity contribution in [1.29, 1.82) is 0 Å². The molecule has 1 heterocycles. The Morgan fingerprint density at radius 3 is 2.66 bits per heavy atom. The molecule has 1 saturated carbocycles. The number of amides is 5. The van der Waals surface area contributed by atoms with Gasteiger partial charge in [0.25, 0.3) is 5.91 Å². The van der Waals surface area contributed by atoms with Gasteiger partial charge in [0.05, 0.1) is 0 Å². The molecule has 1 aromatic carbocycles. The number of anilines is 1. The molecule has 0 atom stereocenters. The Balaban J connectivity index is 1.82. The molecular weight excluding hydrogens is 372 g/mol. The Hall–Kier alpha value is -3.34. The van der Waals surface area contributed by atoms with Crippen LogP contribution in [-0.2, 0) is 14.4 Å². The molecule has 2 fully saturated rings. The number of benzene rings is 1. The average molecular weight is 396 g/mol. The van der Waals surface area contributed by atoms with E-state index in [-0.39, 0.29) is 18.4 Å². The summed E-state index contributed by atoms with van der Waals surface area (Å²) in [5, 5.41) is 5.26. The smallest absolute Gasteiger partial charge is 0.325 e. The summed E-state index contributed by atoms with van der Waals surface area (Å²) in [4.78, 5) is 52.6. The molecule has 152 valence electrons. The maximum absolute atomic E-state index is 13.0. The summed E-state index contributed by atoms with van der Waals surface area (Å²) < 4.78 is 0. The van der Waals surface area contributed by atoms with Gasteiger partial charge in [0.2, 0.25) is 11.8 Å². The van der Waals surface area contributed by atoms with Gasteiger partial charge in [0.1, 0.15) is 18.6 Å². The van der Waals surface area contributed by atoms with E-state index in [1.165, 1.54) is 11.9 Å². The van der Waals surface area contributed by atoms with E-state index in [4.69, 9.17) is 6.42 Å². The van der Waals surface area contributed by atoms with E-state index in [1.807, 2.05) is 0 Å². The first-order valence-corrected chi connectivity index (χ1v) is 9.62. The van der Waals surface area contributed by atoms with E-state index in [1.54, 1.807) is 24.3 Å². The Bertz CT molecular complexity index is 883. The standard InChI is InChI=1S/C21H24N4O4/c1-3-15-8-7-9-16(12-15)24(13-17(26)22-2)18(27)14-25-19(28)21(23-20(25)29)10-5-4-6-11-21/h1,7-9,12H,4-6,10-11,13-14H2,2H3,(H,22,26)(H,23,29). The molecule has 0 bridgehead atoms. The van der Waals surface area contributed by atoms with Crippen molar-refractivity contribution >= 4 is 29.4 Å². The molecule has 1 spiro atoms. The van der Waals surface area contributed by atoms with Gasteiger partial charge in [-0.1, -0.05) is 31.2 Å². The summed E-state index contributed by atoms with van der Waals surface area (Å²) in [7, 11) is 1.47. The zero-order chi connectivity index (χ0) is 21.0. The van der Waals surface area contributed by atoms with Crippen molar-refractivity contribution in [3.05, 3.63) is 29.8 Å².